The van der Waals surface area contributed by atoms with Gasteiger partial charge in [-0.2, -0.15) is 0 Å². The van der Waals surface area contributed by atoms with E-state index in [1.54, 1.807) is 42.5 Å². The van der Waals surface area contributed by atoms with Gasteiger partial charge in [0.1, 0.15) is 12.4 Å². The Morgan fingerprint density at radius 1 is 0.935 bits per heavy atom. The number of hydrogen-bond donors (Lipinski definition) is 2. The van der Waals surface area contributed by atoms with Gasteiger partial charge in [-0.25, -0.2) is 8.42 Å². The van der Waals surface area contributed by atoms with Crippen molar-refractivity contribution < 1.29 is 17.9 Å². The van der Waals surface area contributed by atoms with Crippen LogP contribution < -0.4 is 14.8 Å². The third kappa shape index (κ3) is 5.86. The lowest BCUT2D eigenvalue weighted by molar-refractivity contribution is 0.0947. The standard InChI is InChI=1S/C24H26N2O4S/c1-17-10-12-22(13-11-17)31(28,29)26-21-8-5-7-20(16-21)24(27)25-14-15-30-23-9-4-6-18(2)19(23)3/h4-13,16,26H,14-15H2,1-3H3,(H,25,27). The third-order valence-electron chi connectivity index (χ3n) is 4.91. The zero-order valence-electron chi connectivity index (χ0n) is 17.8. The van der Waals surface area contributed by atoms with Crippen LogP contribution in [-0.2, 0) is 10.0 Å². The maximum Gasteiger partial charge on any atom is 0.261 e. The summed E-state index contributed by atoms with van der Waals surface area (Å²) < 4.78 is 33.4. The summed E-state index contributed by atoms with van der Waals surface area (Å²) in [7, 11) is -3.73. The average Bonchev–Trinajstić information content (AvgIpc) is 2.74. The molecule has 0 radical (unpaired) electrons. The molecule has 0 saturated heterocycles. The number of rotatable bonds is 8. The van der Waals surface area contributed by atoms with Gasteiger partial charge in [0.15, 0.2) is 0 Å². The molecule has 3 rings (SSSR count). The molecule has 0 unspecified atom stereocenters. The van der Waals surface area contributed by atoms with E-state index < -0.39 is 10.0 Å². The molecular weight excluding hydrogens is 412 g/mol. The van der Waals surface area contributed by atoms with Crippen LogP contribution in [-0.4, -0.2) is 27.5 Å². The largest absolute Gasteiger partial charge is 0.491 e. The first kappa shape index (κ1) is 22.4. The monoisotopic (exact) mass is 438 g/mol. The topological polar surface area (TPSA) is 84.5 Å². The van der Waals surface area contributed by atoms with Gasteiger partial charge in [-0.05, 0) is 68.3 Å². The zero-order valence-corrected chi connectivity index (χ0v) is 18.6. The second-order valence-corrected chi connectivity index (χ2v) is 8.98. The number of aryl methyl sites for hydroxylation is 2. The first-order valence-electron chi connectivity index (χ1n) is 9.93. The van der Waals surface area contributed by atoms with E-state index in [4.69, 9.17) is 4.74 Å². The molecule has 7 heteroatoms. The van der Waals surface area contributed by atoms with E-state index in [1.165, 1.54) is 6.07 Å². The maximum atomic E-state index is 12.6. The van der Waals surface area contributed by atoms with E-state index in [0.29, 0.717) is 24.4 Å². The molecule has 0 aromatic heterocycles. The quantitative estimate of drug-likeness (QED) is 0.516. The summed E-state index contributed by atoms with van der Waals surface area (Å²) in [6.07, 6.45) is 0. The van der Waals surface area contributed by atoms with Crippen molar-refractivity contribution in [1.29, 1.82) is 0 Å². The Labute approximate surface area is 183 Å². The van der Waals surface area contributed by atoms with Gasteiger partial charge in [0, 0.05) is 11.3 Å². The number of ether oxygens (including phenoxy) is 1. The molecule has 162 valence electrons. The molecule has 0 spiro atoms. The number of carbonyl (C=O) groups is 1. The van der Waals surface area contributed by atoms with Crippen molar-refractivity contribution in [1.82, 2.24) is 5.32 Å². The fourth-order valence-corrected chi connectivity index (χ4v) is 4.01. The Morgan fingerprint density at radius 2 is 1.65 bits per heavy atom. The van der Waals surface area contributed by atoms with Gasteiger partial charge >= 0.3 is 0 Å². The van der Waals surface area contributed by atoms with Gasteiger partial charge in [0.2, 0.25) is 0 Å². The van der Waals surface area contributed by atoms with Gasteiger partial charge < -0.3 is 10.1 Å². The number of benzene rings is 3. The van der Waals surface area contributed by atoms with Crippen molar-refractivity contribution in [3.8, 4) is 5.75 Å². The number of sulfonamides is 1. The maximum absolute atomic E-state index is 12.6. The summed E-state index contributed by atoms with van der Waals surface area (Å²) in [4.78, 5) is 12.6. The summed E-state index contributed by atoms with van der Waals surface area (Å²) >= 11 is 0. The SMILES string of the molecule is Cc1ccc(S(=O)(=O)Nc2cccc(C(=O)NCCOc3cccc(C)c3C)c2)cc1. The molecule has 3 aromatic rings. The molecule has 0 aliphatic carbocycles. The van der Waals surface area contributed by atoms with Crippen LogP contribution >= 0.6 is 0 Å². The first-order valence-corrected chi connectivity index (χ1v) is 11.4. The van der Waals surface area contributed by atoms with E-state index in [9.17, 15) is 13.2 Å². The summed E-state index contributed by atoms with van der Waals surface area (Å²) in [5.74, 6) is 0.489. The Hall–Kier alpha value is -3.32. The molecule has 0 fully saturated rings. The molecule has 1 amide bonds. The fourth-order valence-electron chi connectivity index (χ4n) is 2.96. The molecule has 3 aromatic carbocycles. The smallest absolute Gasteiger partial charge is 0.261 e. The van der Waals surface area contributed by atoms with Crippen LogP contribution in [0.5, 0.6) is 5.75 Å². The highest BCUT2D eigenvalue weighted by Crippen LogP contribution is 2.20. The molecule has 0 saturated carbocycles. The molecule has 0 heterocycles. The predicted octanol–water partition coefficient (Wildman–Crippen LogP) is 4.22. The molecular formula is C24H26N2O4S. The minimum absolute atomic E-state index is 0.163. The second-order valence-electron chi connectivity index (χ2n) is 7.30. The lowest BCUT2D eigenvalue weighted by atomic mass is 10.1. The third-order valence-corrected chi connectivity index (χ3v) is 6.31. The zero-order chi connectivity index (χ0) is 22.4. The van der Waals surface area contributed by atoms with Crippen LogP contribution in [0.1, 0.15) is 27.0 Å². The van der Waals surface area contributed by atoms with E-state index >= 15 is 0 Å². The minimum Gasteiger partial charge on any atom is -0.491 e. The van der Waals surface area contributed by atoms with Crippen molar-refractivity contribution in [3.63, 3.8) is 0 Å². The summed E-state index contributed by atoms with van der Waals surface area (Å²) in [6, 6.07) is 18.8. The van der Waals surface area contributed by atoms with E-state index in [-0.39, 0.29) is 10.8 Å². The Bertz CT molecular complexity index is 1170. The highest BCUT2D eigenvalue weighted by molar-refractivity contribution is 7.92. The van der Waals surface area contributed by atoms with Crippen molar-refractivity contribution in [2.45, 2.75) is 25.7 Å². The van der Waals surface area contributed by atoms with Crippen LogP contribution in [0.2, 0.25) is 0 Å². The lowest BCUT2D eigenvalue weighted by Gasteiger charge is -2.12. The predicted molar refractivity (Wildman–Crippen MR) is 122 cm³/mol. The summed E-state index contributed by atoms with van der Waals surface area (Å²) in [5.41, 5.74) is 3.86. The molecule has 0 bridgehead atoms. The van der Waals surface area contributed by atoms with Crippen LogP contribution in [0.15, 0.2) is 71.6 Å². The van der Waals surface area contributed by atoms with Gasteiger partial charge in [-0.15, -0.1) is 0 Å². The highest BCUT2D eigenvalue weighted by Gasteiger charge is 2.15. The molecule has 31 heavy (non-hydrogen) atoms. The summed E-state index contributed by atoms with van der Waals surface area (Å²) in [6.45, 7) is 6.55. The lowest BCUT2D eigenvalue weighted by Crippen LogP contribution is -2.28. The number of hydrogen-bond acceptors (Lipinski definition) is 4. The van der Waals surface area contributed by atoms with Gasteiger partial charge in [-0.1, -0.05) is 35.9 Å². The van der Waals surface area contributed by atoms with E-state index in [2.05, 4.69) is 10.0 Å². The van der Waals surface area contributed by atoms with Crippen LogP contribution in [0.4, 0.5) is 5.69 Å². The average molecular weight is 439 g/mol. The van der Waals surface area contributed by atoms with Crippen molar-refractivity contribution in [2.75, 3.05) is 17.9 Å². The Kier molecular flexibility index (Phi) is 6.97. The van der Waals surface area contributed by atoms with Crippen molar-refractivity contribution >= 4 is 21.6 Å². The minimum atomic E-state index is -3.73. The van der Waals surface area contributed by atoms with Gasteiger partial charge in [0.05, 0.1) is 11.4 Å². The molecule has 2 N–H and O–H groups in total. The van der Waals surface area contributed by atoms with E-state index in [0.717, 1.165) is 22.4 Å². The Balaban J connectivity index is 1.58. The van der Waals surface area contributed by atoms with Crippen molar-refractivity contribution in [3.05, 3.63) is 89.0 Å². The van der Waals surface area contributed by atoms with Crippen molar-refractivity contribution in [2.24, 2.45) is 0 Å². The van der Waals surface area contributed by atoms with Crippen LogP contribution in [0.25, 0.3) is 0 Å². The Morgan fingerprint density at radius 3 is 2.39 bits per heavy atom. The number of nitrogens with one attached hydrogen (secondary N) is 2. The molecule has 0 atom stereocenters. The van der Waals surface area contributed by atoms with Crippen LogP contribution in [0.3, 0.4) is 0 Å². The second kappa shape index (κ2) is 9.66. The first-order chi connectivity index (χ1) is 14.8. The molecule has 0 aliphatic heterocycles. The van der Waals surface area contributed by atoms with Crippen LogP contribution in [0, 0.1) is 20.8 Å². The number of carbonyl (C=O) groups excluding carboxylic acids is 1. The fraction of sp³-hybridized carbons (Fsp3) is 0.208. The number of anilines is 1. The van der Waals surface area contributed by atoms with Gasteiger partial charge in [-0.3, -0.25) is 9.52 Å². The summed E-state index contributed by atoms with van der Waals surface area (Å²) in [5, 5.41) is 2.79. The normalized spacial score (nSPS) is 11.1. The number of amides is 1. The van der Waals surface area contributed by atoms with E-state index in [1.807, 2.05) is 39.0 Å². The highest BCUT2D eigenvalue weighted by atomic mass is 32.2. The molecule has 6 nitrogen and oxygen atoms in total. The van der Waals surface area contributed by atoms with Gasteiger partial charge in [0.25, 0.3) is 15.9 Å². The molecule has 0 aliphatic rings.